The van der Waals surface area contributed by atoms with Crippen LogP contribution < -0.4 is 14.2 Å². The molecule has 1 aromatic heterocycles. The first-order chi connectivity index (χ1) is 17.9. The van der Waals surface area contributed by atoms with E-state index in [0.29, 0.717) is 46.9 Å². The number of methoxy groups -OCH3 is 3. The van der Waals surface area contributed by atoms with Crippen molar-refractivity contribution in [2.45, 2.75) is 19.9 Å². The molecule has 196 valence electrons. The van der Waals surface area contributed by atoms with Crippen molar-refractivity contribution in [1.29, 1.82) is 0 Å². The molecule has 0 fully saturated rings. The van der Waals surface area contributed by atoms with E-state index >= 15 is 0 Å². The van der Waals surface area contributed by atoms with Crippen LogP contribution in [0.25, 0.3) is 11.0 Å². The number of aliphatic hydroxyl groups is 1. The molecule has 37 heavy (non-hydrogen) atoms. The highest BCUT2D eigenvalue weighted by atomic mass is 16.5. The van der Waals surface area contributed by atoms with Crippen LogP contribution >= 0.6 is 0 Å². The van der Waals surface area contributed by atoms with Gasteiger partial charge in [-0.15, -0.1) is 0 Å². The average Bonchev–Trinajstić information content (AvgIpc) is 3.47. The summed E-state index contributed by atoms with van der Waals surface area (Å²) in [6.45, 7) is 6.61. The molecule has 0 saturated heterocycles. The van der Waals surface area contributed by atoms with Gasteiger partial charge in [0.1, 0.15) is 0 Å². The minimum atomic E-state index is -0.842. The number of ether oxygens (including phenoxy) is 3. The normalized spacial score (nSPS) is 15.7. The number of carbonyl (C=O) groups excluding carboxylic acids is 2. The van der Waals surface area contributed by atoms with Crippen molar-refractivity contribution >= 4 is 22.7 Å². The number of rotatable bonds is 11. The number of benzene rings is 2. The minimum absolute atomic E-state index is 0.00456. The molecular formula is C28H32N2O7. The molecule has 2 aromatic carbocycles. The fraction of sp³-hybridized carbons (Fsp3) is 0.357. The molecule has 0 radical (unpaired) electrons. The van der Waals surface area contributed by atoms with Gasteiger partial charge in [-0.25, -0.2) is 0 Å². The van der Waals surface area contributed by atoms with Gasteiger partial charge in [-0.2, -0.15) is 0 Å². The zero-order chi connectivity index (χ0) is 26.7. The lowest BCUT2D eigenvalue weighted by Gasteiger charge is -2.29. The largest absolute Gasteiger partial charge is 0.503 e. The third-order valence-electron chi connectivity index (χ3n) is 6.77. The maximum absolute atomic E-state index is 13.8. The second-order valence-electron chi connectivity index (χ2n) is 8.62. The highest BCUT2D eigenvalue weighted by Gasteiger charge is 2.44. The second-order valence-corrected chi connectivity index (χ2v) is 8.62. The van der Waals surface area contributed by atoms with E-state index in [1.54, 1.807) is 42.5 Å². The number of hydrogen-bond donors (Lipinski definition) is 1. The van der Waals surface area contributed by atoms with Crippen molar-refractivity contribution in [3.63, 3.8) is 0 Å². The molecule has 0 spiro atoms. The van der Waals surface area contributed by atoms with Crippen LogP contribution in [0.1, 0.15) is 36.0 Å². The van der Waals surface area contributed by atoms with E-state index in [2.05, 4.69) is 4.90 Å². The molecule has 0 saturated carbocycles. The summed E-state index contributed by atoms with van der Waals surface area (Å²) in [6, 6.07) is 11.3. The smallest absolute Gasteiger partial charge is 0.290 e. The molecule has 9 nitrogen and oxygen atoms in total. The maximum Gasteiger partial charge on any atom is 0.290 e. The number of para-hydroxylation sites is 1. The van der Waals surface area contributed by atoms with E-state index in [1.807, 2.05) is 13.8 Å². The van der Waals surface area contributed by atoms with Crippen LogP contribution in [-0.4, -0.2) is 74.1 Å². The zero-order valence-corrected chi connectivity index (χ0v) is 21.7. The first-order valence-corrected chi connectivity index (χ1v) is 12.2. The van der Waals surface area contributed by atoms with Crippen LogP contribution in [0.15, 0.2) is 58.2 Å². The highest BCUT2D eigenvalue weighted by molar-refractivity contribution is 6.16. The molecule has 3 aromatic rings. The van der Waals surface area contributed by atoms with Gasteiger partial charge >= 0.3 is 0 Å². The molecule has 2 heterocycles. The summed E-state index contributed by atoms with van der Waals surface area (Å²) in [5.74, 6) is -0.326. The second kappa shape index (κ2) is 11.0. The van der Waals surface area contributed by atoms with Crippen molar-refractivity contribution in [2.75, 3.05) is 47.5 Å². The van der Waals surface area contributed by atoms with Crippen LogP contribution in [0.3, 0.4) is 0 Å². The van der Waals surface area contributed by atoms with Crippen molar-refractivity contribution in [2.24, 2.45) is 0 Å². The topological polar surface area (TPSA) is 102 Å². The predicted octanol–water partition coefficient (Wildman–Crippen LogP) is 4.38. The fourth-order valence-electron chi connectivity index (χ4n) is 4.72. The van der Waals surface area contributed by atoms with Crippen molar-refractivity contribution in [3.8, 4) is 17.2 Å². The lowest BCUT2D eigenvalue weighted by atomic mass is 9.94. The first kappa shape index (κ1) is 26.1. The Hall–Kier alpha value is -3.98. The third kappa shape index (κ3) is 4.74. The molecule has 0 unspecified atom stereocenters. The number of amides is 1. The number of Topliss-reactive ketones (excluding diaryl/α,β-unsaturated/α-hetero) is 1. The van der Waals surface area contributed by atoms with Crippen molar-refractivity contribution < 1.29 is 33.3 Å². The van der Waals surface area contributed by atoms with Gasteiger partial charge < -0.3 is 33.5 Å². The van der Waals surface area contributed by atoms with E-state index in [0.717, 1.165) is 13.1 Å². The number of nitrogens with zero attached hydrogens (tertiary/aromatic N) is 2. The Morgan fingerprint density at radius 2 is 1.70 bits per heavy atom. The number of ketones is 1. The van der Waals surface area contributed by atoms with Gasteiger partial charge in [0.05, 0.1) is 32.9 Å². The van der Waals surface area contributed by atoms with Gasteiger partial charge in [-0.3, -0.25) is 9.59 Å². The molecule has 0 aliphatic carbocycles. The monoisotopic (exact) mass is 508 g/mol. The first-order valence-electron chi connectivity index (χ1n) is 12.2. The van der Waals surface area contributed by atoms with Crippen LogP contribution in [0.2, 0.25) is 0 Å². The van der Waals surface area contributed by atoms with Crippen LogP contribution in [0, 0.1) is 0 Å². The van der Waals surface area contributed by atoms with E-state index in [-0.39, 0.29) is 11.3 Å². The van der Waals surface area contributed by atoms with Gasteiger partial charge in [-0.1, -0.05) is 32.0 Å². The van der Waals surface area contributed by atoms with E-state index in [9.17, 15) is 14.7 Å². The molecular weight excluding hydrogens is 476 g/mol. The molecule has 1 aliphatic heterocycles. The fourth-order valence-corrected chi connectivity index (χ4v) is 4.72. The highest BCUT2D eigenvalue weighted by Crippen LogP contribution is 2.42. The Bertz CT molecular complexity index is 1340. The summed E-state index contributed by atoms with van der Waals surface area (Å²) in [6.07, 6.45) is 0. The minimum Gasteiger partial charge on any atom is -0.503 e. The molecule has 0 bridgehead atoms. The van der Waals surface area contributed by atoms with Gasteiger partial charge in [0.25, 0.3) is 5.91 Å². The molecule has 1 N–H and O–H groups in total. The number of likely N-dealkylation sites (N-methyl/N-ethyl adjacent to an activating group) is 1. The molecule has 1 aliphatic rings. The standard InChI is InChI=1S/C28H32N2O7/c1-6-29(7-2)13-14-30-24(17-11-12-19(34-3)21(15-17)36-5)23(26(32)28(30)33)25(31)22-16-18-9-8-10-20(35-4)27(18)37-22/h8-12,15-16,24,32H,6-7,13-14H2,1-5H3/t24-/m0/s1. The SMILES string of the molecule is CCN(CC)CCN1C(=O)C(O)=C(C(=O)c2cc3cccc(OC)c3o2)[C@@H]1c1ccc(OC)c(OC)c1. The maximum atomic E-state index is 13.8. The predicted molar refractivity (Wildman–Crippen MR) is 139 cm³/mol. The Morgan fingerprint density at radius 1 is 1.00 bits per heavy atom. The average molecular weight is 509 g/mol. The number of hydrogen-bond acceptors (Lipinski definition) is 8. The van der Waals surface area contributed by atoms with E-state index < -0.39 is 23.5 Å². The zero-order valence-electron chi connectivity index (χ0n) is 21.7. The molecule has 9 heteroatoms. The van der Waals surface area contributed by atoms with Gasteiger partial charge in [0, 0.05) is 18.5 Å². The van der Waals surface area contributed by atoms with Crippen molar-refractivity contribution in [3.05, 3.63) is 65.1 Å². The summed E-state index contributed by atoms with van der Waals surface area (Å²) >= 11 is 0. The quantitative estimate of drug-likeness (QED) is 0.381. The Balaban J connectivity index is 1.80. The van der Waals surface area contributed by atoms with Crippen molar-refractivity contribution in [1.82, 2.24) is 9.80 Å². The van der Waals surface area contributed by atoms with Gasteiger partial charge in [0.15, 0.2) is 34.4 Å². The number of carbonyl (C=O) groups is 2. The van der Waals surface area contributed by atoms with Crippen LogP contribution in [0.4, 0.5) is 0 Å². The lowest BCUT2D eigenvalue weighted by Crippen LogP contribution is -2.38. The van der Waals surface area contributed by atoms with E-state index in [4.69, 9.17) is 18.6 Å². The lowest BCUT2D eigenvalue weighted by molar-refractivity contribution is -0.129. The van der Waals surface area contributed by atoms with Gasteiger partial charge in [-0.05, 0) is 42.9 Å². The Kier molecular flexibility index (Phi) is 7.73. The number of fused-ring (bicyclic) bond motifs is 1. The summed E-state index contributed by atoms with van der Waals surface area (Å²) in [5, 5.41) is 11.7. The third-order valence-corrected chi connectivity index (χ3v) is 6.77. The molecule has 4 rings (SSSR count). The van der Waals surface area contributed by atoms with E-state index in [1.165, 1.54) is 26.2 Å². The van der Waals surface area contributed by atoms with Crippen LogP contribution in [-0.2, 0) is 4.79 Å². The molecule has 1 atom stereocenters. The number of furan rings is 1. The summed E-state index contributed by atoms with van der Waals surface area (Å²) < 4.78 is 22.1. The van der Waals surface area contributed by atoms with Crippen LogP contribution in [0.5, 0.6) is 17.2 Å². The van der Waals surface area contributed by atoms with Gasteiger partial charge in [0.2, 0.25) is 5.78 Å². The Morgan fingerprint density at radius 3 is 2.35 bits per heavy atom. The summed E-state index contributed by atoms with van der Waals surface area (Å²) in [4.78, 5) is 30.8. The summed E-state index contributed by atoms with van der Waals surface area (Å²) in [5.41, 5.74) is 0.972. The molecule has 1 amide bonds. The number of aliphatic hydroxyl groups excluding tert-OH is 1. The summed E-state index contributed by atoms with van der Waals surface area (Å²) in [7, 11) is 4.56. The Labute approximate surface area is 215 Å².